The van der Waals surface area contributed by atoms with E-state index in [-0.39, 0.29) is 25.2 Å². The van der Waals surface area contributed by atoms with Crippen LogP contribution in [0.1, 0.15) is 25.5 Å². The Bertz CT molecular complexity index is 384. The molecule has 0 saturated heterocycles. The third-order valence-electron chi connectivity index (χ3n) is 2.77. The molecule has 1 aromatic rings. The lowest BCUT2D eigenvalue weighted by atomic mass is 10.1. The quantitative estimate of drug-likeness (QED) is 0.773. The smallest absolute Gasteiger partial charge is 0.174 e. The van der Waals surface area contributed by atoms with E-state index in [9.17, 15) is 0 Å². The molecule has 0 aliphatic rings. The average Bonchev–Trinajstić information content (AvgIpc) is 2.42. The Morgan fingerprint density at radius 2 is 2.00 bits per heavy atom. The van der Waals surface area contributed by atoms with Gasteiger partial charge < -0.3 is 15.2 Å². The molecule has 1 aromatic carbocycles. The normalized spacial score (nSPS) is 13.7. The Labute approximate surface area is 108 Å². The minimum atomic E-state index is 0.0706. The van der Waals surface area contributed by atoms with E-state index in [0.717, 1.165) is 12.1 Å². The summed E-state index contributed by atoms with van der Waals surface area (Å²) in [4.78, 5) is 0. The molecule has 0 heterocycles. The largest absolute Gasteiger partial charge is 0.479 e. The Kier molecular flexibility index (Phi) is 6.20. The molecule has 0 aliphatic heterocycles. The summed E-state index contributed by atoms with van der Waals surface area (Å²) in [5.41, 5.74) is 1.16. The van der Waals surface area contributed by atoms with Crippen LogP contribution >= 0.6 is 0 Å². The molecule has 0 radical (unpaired) electrons. The second-order valence-electron chi connectivity index (χ2n) is 4.43. The molecule has 2 N–H and O–H groups in total. The van der Waals surface area contributed by atoms with Gasteiger partial charge in [0.25, 0.3) is 0 Å². The standard InChI is InChI=1S/C14H20N2O2/c1-11(10-17)9-16-12(2)13-3-5-14(6-4-13)18-8-7-15/h3-6,11-12,16-17H,8-10H2,1-2H3. The van der Waals surface area contributed by atoms with Crippen molar-refractivity contribution >= 4 is 0 Å². The summed E-state index contributed by atoms with van der Waals surface area (Å²) in [6, 6.07) is 9.84. The Balaban J connectivity index is 2.48. The van der Waals surface area contributed by atoms with Gasteiger partial charge in [-0.15, -0.1) is 0 Å². The maximum atomic E-state index is 8.95. The highest BCUT2D eigenvalue weighted by molar-refractivity contribution is 5.29. The van der Waals surface area contributed by atoms with Crippen molar-refractivity contribution in [2.24, 2.45) is 5.92 Å². The number of aliphatic hydroxyl groups is 1. The van der Waals surface area contributed by atoms with E-state index in [1.807, 2.05) is 37.3 Å². The zero-order valence-corrected chi connectivity index (χ0v) is 10.9. The first kappa shape index (κ1) is 14.5. The fraction of sp³-hybridized carbons (Fsp3) is 0.500. The molecule has 18 heavy (non-hydrogen) atoms. The van der Waals surface area contributed by atoms with Gasteiger partial charge in [0.1, 0.15) is 11.8 Å². The first-order valence-electron chi connectivity index (χ1n) is 6.11. The van der Waals surface area contributed by atoms with Crippen molar-refractivity contribution in [1.82, 2.24) is 5.32 Å². The van der Waals surface area contributed by atoms with Gasteiger partial charge in [-0.2, -0.15) is 5.26 Å². The Morgan fingerprint density at radius 3 is 2.56 bits per heavy atom. The fourth-order valence-corrected chi connectivity index (χ4v) is 1.53. The molecule has 1 rings (SSSR count). The summed E-state index contributed by atoms with van der Waals surface area (Å²) in [6.07, 6.45) is 0. The third kappa shape index (κ3) is 4.74. The molecule has 2 atom stereocenters. The second-order valence-corrected chi connectivity index (χ2v) is 4.43. The maximum Gasteiger partial charge on any atom is 0.174 e. The summed E-state index contributed by atoms with van der Waals surface area (Å²) >= 11 is 0. The number of nitriles is 1. The number of ether oxygens (including phenoxy) is 1. The lowest BCUT2D eigenvalue weighted by Gasteiger charge is -2.17. The molecule has 0 spiro atoms. The van der Waals surface area contributed by atoms with E-state index >= 15 is 0 Å². The van der Waals surface area contributed by atoms with Gasteiger partial charge in [-0.25, -0.2) is 0 Å². The van der Waals surface area contributed by atoms with E-state index in [1.165, 1.54) is 0 Å². The van der Waals surface area contributed by atoms with Gasteiger partial charge in [0.15, 0.2) is 6.61 Å². The molecule has 0 fully saturated rings. The van der Waals surface area contributed by atoms with Crippen LogP contribution in [0.4, 0.5) is 0 Å². The predicted molar refractivity (Wildman–Crippen MR) is 70.2 cm³/mol. The number of aliphatic hydroxyl groups excluding tert-OH is 1. The molecule has 98 valence electrons. The topological polar surface area (TPSA) is 65.3 Å². The molecular formula is C14H20N2O2. The van der Waals surface area contributed by atoms with Crippen LogP contribution in [0.15, 0.2) is 24.3 Å². The molecule has 4 nitrogen and oxygen atoms in total. The van der Waals surface area contributed by atoms with Crippen LogP contribution in [0.5, 0.6) is 5.75 Å². The van der Waals surface area contributed by atoms with Crippen LogP contribution in [-0.2, 0) is 0 Å². The van der Waals surface area contributed by atoms with Crippen molar-refractivity contribution in [3.05, 3.63) is 29.8 Å². The molecule has 0 saturated carbocycles. The number of hydrogen-bond donors (Lipinski definition) is 2. The zero-order chi connectivity index (χ0) is 13.4. The summed E-state index contributed by atoms with van der Waals surface area (Å²) in [6.45, 7) is 5.12. The highest BCUT2D eigenvalue weighted by atomic mass is 16.5. The lowest BCUT2D eigenvalue weighted by molar-refractivity contribution is 0.231. The molecule has 0 aliphatic carbocycles. The van der Waals surface area contributed by atoms with E-state index in [2.05, 4.69) is 12.2 Å². The highest BCUT2D eigenvalue weighted by Crippen LogP contribution is 2.17. The molecule has 0 aromatic heterocycles. The van der Waals surface area contributed by atoms with Crippen molar-refractivity contribution in [1.29, 1.82) is 5.26 Å². The lowest BCUT2D eigenvalue weighted by Crippen LogP contribution is -2.26. The molecule has 2 unspecified atom stereocenters. The number of nitrogens with one attached hydrogen (secondary N) is 1. The minimum Gasteiger partial charge on any atom is -0.479 e. The maximum absolute atomic E-state index is 8.95. The number of rotatable bonds is 7. The van der Waals surface area contributed by atoms with Crippen LogP contribution < -0.4 is 10.1 Å². The third-order valence-corrected chi connectivity index (χ3v) is 2.77. The van der Waals surface area contributed by atoms with Crippen LogP contribution in [-0.4, -0.2) is 24.9 Å². The van der Waals surface area contributed by atoms with E-state index in [4.69, 9.17) is 15.1 Å². The van der Waals surface area contributed by atoms with Gasteiger partial charge in [0, 0.05) is 19.2 Å². The van der Waals surface area contributed by atoms with Gasteiger partial charge in [0.2, 0.25) is 0 Å². The summed E-state index contributed by atoms with van der Waals surface area (Å²) < 4.78 is 5.19. The van der Waals surface area contributed by atoms with Gasteiger partial charge in [-0.3, -0.25) is 0 Å². The van der Waals surface area contributed by atoms with Crippen LogP contribution in [0, 0.1) is 17.2 Å². The Morgan fingerprint density at radius 1 is 1.33 bits per heavy atom. The van der Waals surface area contributed by atoms with Crippen molar-refractivity contribution in [3.8, 4) is 11.8 Å². The van der Waals surface area contributed by atoms with Crippen LogP contribution in [0.3, 0.4) is 0 Å². The van der Waals surface area contributed by atoms with Gasteiger partial charge >= 0.3 is 0 Å². The van der Waals surface area contributed by atoms with Gasteiger partial charge in [0.05, 0.1) is 0 Å². The van der Waals surface area contributed by atoms with Crippen molar-refractivity contribution in [2.75, 3.05) is 19.8 Å². The van der Waals surface area contributed by atoms with Crippen LogP contribution in [0.2, 0.25) is 0 Å². The number of benzene rings is 1. The predicted octanol–water partition coefficient (Wildman–Crippen LogP) is 1.87. The molecule has 4 heteroatoms. The van der Waals surface area contributed by atoms with E-state index in [0.29, 0.717) is 5.75 Å². The molecule has 0 bridgehead atoms. The van der Waals surface area contributed by atoms with Gasteiger partial charge in [-0.05, 0) is 30.5 Å². The van der Waals surface area contributed by atoms with Gasteiger partial charge in [-0.1, -0.05) is 19.1 Å². The van der Waals surface area contributed by atoms with Crippen molar-refractivity contribution in [2.45, 2.75) is 19.9 Å². The summed E-state index contributed by atoms with van der Waals surface area (Å²) in [5.74, 6) is 0.960. The second kappa shape index (κ2) is 7.70. The summed E-state index contributed by atoms with van der Waals surface area (Å²) in [7, 11) is 0. The van der Waals surface area contributed by atoms with Crippen molar-refractivity contribution in [3.63, 3.8) is 0 Å². The highest BCUT2D eigenvalue weighted by Gasteiger charge is 2.07. The first-order chi connectivity index (χ1) is 8.67. The van der Waals surface area contributed by atoms with Crippen molar-refractivity contribution < 1.29 is 9.84 Å². The van der Waals surface area contributed by atoms with Crippen LogP contribution in [0.25, 0.3) is 0 Å². The zero-order valence-electron chi connectivity index (χ0n) is 10.9. The van der Waals surface area contributed by atoms with E-state index < -0.39 is 0 Å². The number of nitrogens with zero attached hydrogens (tertiary/aromatic N) is 1. The monoisotopic (exact) mass is 248 g/mol. The SMILES string of the molecule is CC(CO)CNC(C)c1ccc(OCC#N)cc1. The Hall–Kier alpha value is -1.57. The summed E-state index contributed by atoms with van der Waals surface area (Å²) in [5, 5.41) is 20.7. The molecule has 0 amide bonds. The average molecular weight is 248 g/mol. The fourth-order valence-electron chi connectivity index (χ4n) is 1.53. The van der Waals surface area contributed by atoms with E-state index in [1.54, 1.807) is 0 Å². The molecular weight excluding hydrogens is 228 g/mol. The first-order valence-corrected chi connectivity index (χ1v) is 6.11. The minimum absolute atomic E-state index is 0.0706. The number of hydrogen-bond acceptors (Lipinski definition) is 4.